The van der Waals surface area contributed by atoms with Gasteiger partial charge in [-0.2, -0.15) is 0 Å². The van der Waals surface area contributed by atoms with Crippen molar-refractivity contribution in [3.63, 3.8) is 0 Å². The molecule has 2 aromatic carbocycles. The van der Waals surface area contributed by atoms with Crippen LogP contribution in [-0.2, 0) is 4.79 Å². The number of anilines is 1. The van der Waals surface area contributed by atoms with Gasteiger partial charge < -0.3 is 10.2 Å². The molecule has 7 nitrogen and oxygen atoms in total. The molecule has 172 valence electrons. The first-order chi connectivity index (χ1) is 16.0. The predicted octanol–water partition coefficient (Wildman–Crippen LogP) is 4.83. The molecule has 1 saturated carbocycles. The van der Waals surface area contributed by atoms with Crippen molar-refractivity contribution in [2.75, 3.05) is 18.4 Å². The second-order valence-corrected chi connectivity index (χ2v) is 9.27. The number of fused-ring (bicyclic) bond motifs is 1. The molecular weight excluding hydrogens is 445 g/mol. The highest BCUT2D eigenvalue weighted by Gasteiger charge is 2.28. The molecule has 1 aromatic heterocycles. The molecule has 2 amide bonds. The van der Waals surface area contributed by atoms with E-state index in [4.69, 9.17) is 11.6 Å². The topological polar surface area (TPSA) is 80.1 Å². The first-order valence-electron chi connectivity index (χ1n) is 11.4. The SMILES string of the molecule is O=C(Nc1ccc(F)c(Cl)c1)C1CCN(C(=O)c2ccc3c(c2)nnn3C2CCCC2)CC1. The molecule has 1 saturated heterocycles. The van der Waals surface area contributed by atoms with Gasteiger partial charge in [0, 0.05) is 30.3 Å². The lowest BCUT2D eigenvalue weighted by Gasteiger charge is -2.31. The predicted molar refractivity (Wildman–Crippen MR) is 124 cm³/mol. The maximum Gasteiger partial charge on any atom is 0.253 e. The Morgan fingerprint density at radius 1 is 1.03 bits per heavy atom. The van der Waals surface area contributed by atoms with Gasteiger partial charge in [-0.05, 0) is 62.1 Å². The van der Waals surface area contributed by atoms with E-state index in [0.29, 0.717) is 43.2 Å². The van der Waals surface area contributed by atoms with Gasteiger partial charge >= 0.3 is 0 Å². The summed E-state index contributed by atoms with van der Waals surface area (Å²) in [5.41, 5.74) is 2.75. The van der Waals surface area contributed by atoms with Crippen LogP contribution >= 0.6 is 11.6 Å². The molecule has 1 aliphatic carbocycles. The van der Waals surface area contributed by atoms with Crippen molar-refractivity contribution in [1.82, 2.24) is 19.9 Å². The van der Waals surface area contributed by atoms with Crippen LogP contribution in [0.2, 0.25) is 5.02 Å². The maximum atomic E-state index is 13.3. The Morgan fingerprint density at radius 2 is 1.79 bits per heavy atom. The van der Waals surface area contributed by atoms with Gasteiger partial charge in [0.25, 0.3) is 5.91 Å². The van der Waals surface area contributed by atoms with Crippen molar-refractivity contribution in [2.24, 2.45) is 5.92 Å². The van der Waals surface area contributed by atoms with Gasteiger partial charge in [-0.25, -0.2) is 9.07 Å². The number of hydrogen-bond donors (Lipinski definition) is 1. The number of piperidine rings is 1. The van der Waals surface area contributed by atoms with Crippen LogP contribution in [0.5, 0.6) is 0 Å². The lowest BCUT2D eigenvalue weighted by molar-refractivity contribution is -0.121. The van der Waals surface area contributed by atoms with Crippen molar-refractivity contribution in [3.05, 3.63) is 52.8 Å². The number of carbonyl (C=O) groups excluding carboxylic acids is 2. The molecule has 0 spiro atoms. The third-order valence-corrected chi connectivity index (χ3v) is 7.02. The summed E-state index contributed by atoms with van der Waals surface area (Å²) in [6.07, 6.45) is 5.80. The Labute approximate surface area is 195 Å². The second-order valence-electron chi connectivity index (χ2n) is 8.86. The smallest absolute Gasteiger partial charge is 0.253 e. The van der Waals surface area contributed by atoms with E-state index in [1.165, 1.54) is 31.0 Å². The minimum atomic E-state index is -0.527. The minimum Gasteiger partial charge on any atom is -0.339 e. The van der Waals surface area contributed by atoms with E-state index >= 15 is 0 Å². The standard InChI is InChI=1S/C24H25ClFN5O2/c25-19-14-17(6-7-20(19)26)27-23(32)15-9-11-30(12-10-15)24(33)16-5-8-22-21(13-16)28-29-31(22)18-3-1-2-4-18/h5-8,13-15,18H,1-4,9-12H2,(H,27,32). The summed E-state index contributed by atoms with van der Waals surface area (Å²) in [7, 11) is 0. The first kappa shape index (κ1) is 21.8. The van der Waals surface area contributed by atoms with Crippen LogP contribution in [0.15, 0.2) is 36.4 Å². The highest BCUT2D eigenvalue weighted by Crippen LogP contribution is 2.31. The normalized spacial score (nSPS) is 17.6. The summed E-state index contributed by atoms with van der Waals surface area (Å²) >= 11 is 5.79. The fourth-order valence-electron chi connectivity index (χ4n) is 4.84. The van der Waals surface area contributed by atoms with Crippen molar-refractivity contribution in [2.45, 2.75) is 44.6 Å². The van der Waals surface area contributed by atoms with E-state index in [0.717, 1.165) is 23.9 Å². The summed E-state index contributed by atoms with van der Waals surface area (Å²) in [4.78, 5) is 27.4. The van der Waals surface area contributed by atoms with E-state index in [2.05, 4.69) is 15.6 Å². The highest BCUT2D eigenvalue weighted by molar-refractivity contribution is 6.31. The largest absolute Gasteiger partial charge is 0.339 e. The molecule has 0 atom stereocenters. The summed E-state index contributed by atoms with van der Waals surface area (Å²) < 4.78 is 15.3. The number of aromatic nitrogens is 3. The lowest BCUT2D eigenvalue weighted by Crippen LogP contribution is -2.41. The molecule has 9 heteroatoms. The molecule has 2 heterocycles. The van der Waals surface area contributed by atoms with Gasteiger partial charge in [0.2, 0.25) is 5.91 Å². The van der Waals surface area contributed by atoms with Crippen LogP contribution in [0.3, 0.4) is 0 Å². The summed E-state index contributed by atoms with van der Waals surface area (Å²) in [5, 5.41) is 11.4. The third kappa shape index (κ3) is 4.44. The Kier molecular flexibility index (Phi) is 6.01. The van der Waals surface area contributed by atoms with Crippen LogP contribution in [0.4, 0.5) is 10.1 Å². The number of hydrogen-bond acceptors (Lipinski definition) is 4. The number of carbonyl (C=O) groups is 2. The zero-order chi connectivity index (χ0) is 22.9. The molecule has 5 rings (SSSR count). The molecule has 0 bridgehead atoms. The number of halogens is 2. The average molecular weight is 470 g/mol. The number of likely N-dealkylation sites (tertiary alicyclic amines) is 1. The lowest BCUT2D eigenvalue weighted by atomic mass is 9.95. The van der Waals surface area contributed by atoms with Gasteiger partial charge in [-0.3, -0.25) is 9.59 Å². The molecule has 33 heavy (non-hydrogen) atoms. The quantitative estimate of drug-likeness (QED) is 0.593. The number of benzene rings is 2. The molecule has 0 unspecified atom stereocenters. The van der Waals surface area contributed by atoms with Gasteiger partial charge in [-0.15, -0.1) is 5.10 Å². The summed E-state index contributed by atoms with van der Waals surface area (Å²) in [6, 6.07) is 10.1. The van der Waals surface area contributed by atoms with E-state index in [1.807, 2.05) is 22.9 Å². The molecule has 3 aromatic rings. The number of amides is 2. The molecule has 1 N–H and O–H groups in total. The Hall–Kier alpha value is -3.00. The van der Waals surface area contributed by atoms with Crippen LogP contribution in [-0.4, -0.2) is 44.8 Å². The Morgan fingerprint density at radius 3 is 2.52 bits per heavy atom. The molecule has 2 fully saturated rings. The van der Waals surface area contributed by atoms with Gasteiger partial charge in [0.05, 0.1) is 16.6 Å². The molecule has 1 aliphatic heterocycles. The van der Waals surface area contributed by atoms with Crippen molar-refractivity contribution in [1.29, 1.82) is 0 Å². The van der Waals surface area contributed by atoms with Crippen molar-refractivity contribution < 1.29 is 14.0 Å². The van der Waals surface area contributed by atoms with Crippen LogP contribution in [0.1, 0.15) is 54.9 Å². The van der Waals surface area contributed by atoms with E-state index in [9.17, 15) is 14.0 Å². The Bertz CT molecular complexity index is 1200. The van der Waals surface area contributed by atoms with E-state index in [-0.39, 0.29) is 22.8 Å². The van der Waals surface area contributed by atoms with Crippen LogP contribution < -0.4 is 5.32 Å². The molecular formula is C24H25ClFN5O2. The number of nitrogens with zero attached hydrogens (tertiary/aromatic N) is 4. The maximum absolute atomic E-state index is 13.3. The van der Waals surface area contributed by atoms with Gasteiger partial charge in [-0.1, -0.05) is 29.7 Å². The fraction of sp³-hybridized carbons (Fsp3) is 0.417. The zero-order valence-corrected chi connectivity index (χ0v) is 18.9. The monoisotopic (exact) mass is 469 g/mol. The van der Waals surface area contributed by atoms with Crippen LogP contribution in [0.25, 0.3) is 11.0 Å². The highest BCUT2D eigenvalue weighted by atomic mass is 35.5. The first-order valence-corrected chi connectivity index (χ1v) is 11.8. The summed E-state index contributed by atoms with van der Waals surface area (Å²) in [5.74, 6) is -0.946. The average Bonchev–Trinajstić information content (AvgIpc) is 3.50. The third-order valence-electron chi connectivity index (χ3n) is 6.73. The summed E-state index contributed by atoms with van der Waals surface area (Å²) in [6.45, 7) is 0.988. The fourth-order valence-corrected chi connectivity index (χ4v) is 5.02. The Balaban J connectivity index is 1.20. The van der Waals surface area contributed by atoms with Crippen molar-refractivity contribution in [3.8, 4) is 0 Å². The zero-order valence-electron chi connectivity index (χ0n) is 18.1. The molecule has 2 aliphatic rings. The molecule has 0 radical (unpaired) electrons. The van der Waals surface area contributed by atoms with E-state index in [1.54, 1.807) is 4.90 Å². The van der Waals surface area contributed by atoms with E-state index < -0.39 is 5.82 Å². The number of rotatable bonds is 4. The van der Waals surface area contributed by atoms with Crippen molar-refractivity contribution >= 4 is 40.1 Å². The van der Waals surface area contributed by atoms with Crippen LogP contribution in [0, 0.1) is 11.7 Å². The number of nitrogens with one attached hydrogen (secondary N) is 1. The van der Waals surface area contributed by atoms with Gasteiger partial charge in [0.15, 0.2) is 0 Å². The second kappa shape index (κ2) is 9.09. The van der Waals surface area contributed by atoms with Gasteiger partial charge in [0.1, 0.15) is 11.3 Å². The minimum absolute atomic E-state index is 0.0338.